The van der Waals surface area contributed by atoms with Crippen LogP contribution in [0.2, 0.25) is 0 Å². The summed E-state index contributed by atoms with van der Waals surface area (Å²) in [6, 6.07) is 3.53. The molecular weight excluding hydrogens is 238 g/mol. The Morgan fingerprint density at radius 3 is 2.93 bits per heavy atom. The van der Waals surface area contributed by atoms with E-state index in [9.17, 15) is 4.79 Å². The van der Waals surface area contributed by atoms with Gasteiger partial charge in [0.2, 0.25) is 5.91 Å². The number of thioether (sulfide) groups is 1. The lowest BCUT2D eigenvalue weighted by Gasteiger charge is -2.01. The predicted molar refractivity (Wildman–Crippen MR) is 62.2 cm³/mol. The van der Waals surface area contributed by atoms with Crippen molar-refractivity contribution in [3.8, 4) is 0 Å². The molecule has 0 aliphatic rings. The molecule has 1 heterocycles. The fourth-order valence-electron chi connectivity index (χ4n) is 0.793. The smallest absolute Gasteiger partial charge is 0.230 e. The van der Waals surface area contributed by atoms with Crippen LogP contribution in [0, 0.1) is 5.41 Å². The quantitative estimate of drug-likeness (QED) is 0.547. The summed E-state index contributed by atoms with van der Waals surface area (Å²) < 4.78 is 5.02. The molecule has 5 nitrogen and oxygen atoms in total. The normalized spacial score (nSPS) is 9.07. The Hall–Kier alpha value is -1.14. The van der Waals surface area contributed by atoms with Crippen LogP contribution < -0.4 is 11.1 Å². The zero-order valence-electron chi connectivity index (χ0n) is 7.86. The van der Waals surface area contributed by atoms with Gasteiger partial charge in [-0.05, 0) is 12.1 Å². The molecule has 0 unspecified atom stereocenters. The molecule has 0 spiro atoms. The molecule has 1 rings (SSSR count). The highest BCUT2D eigenvalue weighted by molar-refractivity contribution is 8.14. The second kappa shape index (κ2) is 7.19. The van der Waals surface area contributed by atoms with Gasteiger partial charge in [-0.15, -0.1) is 12.4 Å². The van der Waals surface area contributed by atoms with Gasteiger partial charge in [0.25, 0.3) is 0 Å². The number of amides is 1. The molecule has 0 aromatic carbocycles. The van der Waals surface area contributed by atoms with Crippen LogP contribution in [0.4, 0.5) is 0 Å². The second-order valence-electron chi connectivity index (χ2n) is 2.51. The van der Waals surface area contributed by atoms with Gasteiger partial charge < -0.3 is 15.5 Å². The van der Waals surface area contributed by atoms with Crippen molar-refractivity contribution < 1.29 is 9.21 Å². The molecule has 7 heteroatoms. The van der Waals surface area contributed by atoms with Crippen molar-refractivity contribution >= 4 is 35.2 Å². The first-order valence-corrected chi connectivity index (χ1v) is 4.93. The van der Waals surface area contributed by atoms with Crippen molar-refractivity contribution in [2.75, 3.05) is 5.75 Å². The highest BCUT2D eigenvalue weighted by Crippen LogP contribution is 2.00. The third-order valence-electron chi connectivity index (χ3n) is 1.40. The van der Waals surface area contributed by atoms with Gasteiger partial charge in [-0.1, -0.05) is 11.8 Å². The van der Waals surface area contributed by atoms with Crippen LogP contribution in [0.1, 0.15) is 5.76 Å². The van der Waals surface area contributed by atoms with Crippen LogP contribution in [0.15, 0.2) is 22.8 Å². The summed E-state index contributed by atoms with van der Waals surface area (Å²) >= 11 is 0.995. The Morgan fingerprint density at radius 2 is 2.40 bits per heavy atom. The topological polar surface area (TPSA) is 92.1 Å². The minimum atomic E-state index is -0.165. The van der Waals surface area contributed by atoms with Gasteiger partial charge in [0.1, 0.15) is 5.76 Å². The number of halogens is 1. The predicted octanol–water partition coefficient (Wildman–Crippen LogP) is 0.944. The molecular formula is C8H12ClN3O2S. The largest absolute Gasteiger partial charge is 0.467 e. The molecule has 15 heavy (non-hydrogen) atoms. The molecule has 0 bridgehead atoms. The molecule has 0 radical (unpaired) electrons. The van der Waals surface area contributed by atoms with Crippen molar-refractivity contribution in [2.24, 2.45) is 5.73 Å². The monoisotopic (exact) mass is 249 g/mol. The number of furan rings is 1. The van der Waals surface area contributed by atoms with Gasteiger partial charge in [-0.25, -0.2) is 0 Å². The first kappa shape index (κ1) is 13.9. The molecule has 0 fully saturated rings. The van der Waals surface area contributed by atoms with Gasteiger partial charge >= 0.3 is 0 Å². The molecule has 0 atom stereocenters. The number of nitrogens with one attached hydrogen (secondary N) is 2. The highest BCUT2D eigenvalue weighted by atomic mass is 35.5. The molecule has 1 amide bonds. The Labute approximate surface area is 97.7 Å². The lowest BCUT2D eigenvalue weighted by atomic mass is 10.4. The van der Waals surface area contributed by atoms with E-state index in [-0.39, 0.29) is 29.2 Å². The van der Waals surface area contributed by atoms with Crippen molar-refractivity contribution in [1.29, 1.82) is 5.41 Å². The number of carbonyl (C=O) groups is 1. The Balaban J connectivity index is 0.00000196. The maximum Gasteiger partial charge on any atom is 0.230 e. The van der Waals surface area contributed by atoms with Gasteiger partial charge in [-0.3, -0.25) is 10.2 Å². The van der Waals surface area contributed by atoms with Crippen LogP contribution in [-0.2, 0) is 11.3 Å². The SMILES string of the molecule is Cl.N=C(N)SCC(=O)NCc1ccco1. The Morgan fingerprint density at radius 1 is 1.67 bits per heavy atom. The minimum absolute atomic E-state index is 0. The lowest BCUT2D eigenvalue weighted by molar-refractivity contribution is -0.118. The van der Waals surface area contributed by atoms with Crippen molar-refractivity contribution in [2.45, 2.75) is 6.54 Å². The highest BCUT2D eigenvalue weighted by Gasteiger charge is 2.03. The summed E-state index contributed by atoms with van der Waals surface area (Å²) in [5.41, 5.74) is 5.08. The maximum atomic E-state index is 11.1. The van der Waals surface area contributed by atoms with E-state index in [4.69, 9.17) is 15.6 Å². The van der Waals surface area contributed by atoms with E-state index in [2.05, 4.69) is 5.32 Å². The number of nitrogens with two attached hydrogens (primary N) is 1. The van der Waals surface area contributed by atoms with E-state index < -0.39 is 0 Å². The molecule has 0 aliphatic heterocycles. The summed E-state index contributed by atoms with van der Waals surface area (Å²) in [5.74, 6) is 0.698. The number of amidine groups is 1. The molecule has 4 N–H and O–H groups in total. The standard InChI is InChI=1S/C8H11N3O2S.ClH/c9-8(10)14-5-7(12)11-4-6-2-1-3-13-6;/h1-3H,4-5H2,(H3,9,10)(H,11,12);1H. The third kappa shape index (κ3) is 6.03. The Bertz CT molecular complexity index is 316. The summed E-state index contributed by atoms with van der Waals surface area (Å²) in [5, 5.41) is 9.48. The molecule has 1 aromatic heterocycles. The van der Waals surface area contributed by atoms with Crippen LogP contribution in [0.5, 0.6) is 0 Å². The van der Waals surface area contributed by atoms with Gasteiger partial charge in [0.05, 0.1) is 18.6 Å². The van der Waals surface area contributed by atoms with E-state index in [1.807, 2.05) is 0 Å². The third-order valence-corrected chi connectivity index (χ3v) is 2.12. The van der Waals surface area contributed by atoms with Gasteiger partial charge in [-0.2, -0.15) is 0 Å². The number of rotatable bonds is 4. The zero-order valence-corrected chi connectivity index (χ0v) is 9.49. The van der Waals surface area contributed by atoms with Gasteiger partial charge in [0.15, 0.2) is 5.17 Å². The van der Waals surface area contributed by atoms with E-state index in [1.54, 1.807) is 18.4 Å². The lowest BCUT2D eigenvalue weighted by Crippen LogP contribution is -2.25. The fourth-order valence-corrected chi connectivity index (χ4v) is 1.18. The van der Waals surface area contributed by atoms with Gasteiger partial charge in [0, 0.05) is 0 Å². The first-order chi connectivity index (χ1) is 6.68. The number of hydrogen-bond acceptors (Lipinski definition) is 4. The van der Waals surface area contributed by atoms with E-state index in [1.165, 1.54) is 0 Å². The van der Waals surface area contributed by atoms with Crippen LogP contribution in [0.3, 0.4) is 0 Å². The average Bonchev–Trinajstić information content (AvgIpc) is 2.63. The maximum absolute atomic E-state index is 11.1. The molecule has 1 aromatic rings. The minimum Gasteiger partial charge on any atom is -0.467 e. The van der Waals surface area contributed by atoms with Crippen molar-refractivity contribution in [1.82, 2.24) is 5.32 Å². The Kier molecular flexibility index (Phi) is 6.64. The average molecular weight is 250 g/mol. The number of carbonyl (C=O) groups excluding carboxylic acids is 1. The van der Waals surface area contributed by atoms with E-state index in [0.29, 0.717) is 12.3 Å². The molecule has 0 saturated heterocycles. The van der Waals surface area contributed by atoms with Crippen LogP contribution >= 0.6 is 24.2 Å². The first-order valence-electron chi connectivity index (χ1n) is 3.94. The summed E-state index contributed by atoms with van der Waals surface area (Å²) in [4.78, 5) is 11.1. The van der Waals surface area contributed by atoms with Crippen molar-refractivity contribution in [3.63, 3.8) is 0 Å². The number of hydrogen-bond donors (Lipinski definition) is 3. The summed E-state index contributed by atoms with van der Waals surface area (Å²) in [6.45, 7) is 0.365. The second-order valence-corrected chi connectivity index (χ2v) is 3.53. The summed E-state index contributed by atoms with van der Waals surface area (Å²) in [6.07, 6.45) is 1.55. The molecule has 0 aliphatic carbocycles. The molecule has 0 saturated carbocycles. The fraction of sp³-hybridized carbons (Fsp3) is 0.250. The van der Waals surface area contributed by atoms with Crippen LogP contribution in [-0.4, -0.2) is 16.8 Å². The van der Waals surface area contributed by atoms with E-state index in [0.717, 1.165) is 11.8 Å². The summed E-state index contributed by atoms with van der Waals surface area (Å²) in [7, 11) is 0. The van der Waals surface area contributed by atoms with Crippen LogP contribution in [0.25, 0.3) is 0 Å². The molecule has 84 valence electrons. The van der Waals surface area contributed by atoms with E-state index >= 15 is 0 Å². The van der Waals surface area contributed by atoms with Crippen molar-refractivity contribution in [3.05, 3.63) is 24.2 Å². The zero-order chi connectivity index (χ0) is 10.4.